The highest BCUT2D eigenvalue weighted by atomic mass is 16.6. The molecule has 0 saturated carbocycles. The summed E-state index contributed by atoms with van der Waals surface area (Å²) >= 11 is 0. The Labute approximate surface area is 170 Å². The molecule has 2 aromatic rings. The van der Waals surface area contributed by atoms with Crippen molar-refractivity contribution in [3.8, 4) is 11.5 Å². The summed E-state index contributed by atoms with van der Waals surface area (Å²) in [6.45, 7) is 0.802. The number of rotatable bonds is 7. The van der Waals surface area contributed by atoms with Crippen molar-refractivity contribution in [3.05, 3.63) is 60.2 Å². The van der Waals surface area contributed by atoms with Crippen LogP contribution in [0.2, 0.25) is 0 Å². The molecule has 2 heterocycles. The summed E-state index contributed by atoms with van der Waals surface area (Å²) in [6.07, 6.45) is 2.77. The van der Waals surface area contributed by atoms with Crippen LogP contribution in [0.1, 0.15) is 31.2 Å². The summed E-state index contributed by atoms with van der Waals surface area (Å²) in [5, 5.41) is 6.07. The fourth-order valence-corrected chi connectivity index (χ4v) is 4.00. The molecule has 2 aliphatic rings. The lowest BCUT2D eigenvalue weighted by atomic mass is 9.85. The number of benzene rings is 2. The first-order chi connectivity index (χ1) is 14.1. The zero-order valence-corrected chi connectivity index (χ0v) is 16.4. The van der Waals surface area contributed by atoms with Crippen molar-refractivity contribution in [3.63, 3.8) is 0 Å². The van der Waals surface area contributed by atoms with Crippen molar-refractivity contribution >= 4 is 11.8 Å². The van der Waals surface area contributed by atoms with Gasteiger partial charge in [-0.15, -0.1) is 0 Å². The number of hydrogen-bond acceptors (Lipinski definition) is 4. The predicted octanol–water partition coefficient (Wildman–Crippen LogP) is 2.61. The maximum atomic E-state index is 12.4. The van der Waals surface area contributed by atoms with E-state index < -0.39 is 0 Å². The lowest BCUT2D eigenvalue weighted by Gasteiger charge is -2.30. The molecule has 6 heteroatoms. The number of para-hydroxylation sites is 2. The van der Waals surface area contributed by atoms with Gasteiger partial charge >= 0.3 is 0 Å². The summed E-state index contributed by atoms with van der Waals surface area (Å²) in [7, 11) is 0. The summed E-state index contributed by atoms with van der Waals surface area (Å²) in [6, 6.07) is 17.6. The second-order valence-corrected chi connectivity index (χ2v) is 7.79. The largest absolute Gasteiger partial charge is 0.486 e. The van der Waals surface area contributed by atoms with Gasteiger partial charge in [-0.1, -0.05) is 42.5 Å². The van der Waals surface area contributed by atoms with Gasteiger partial charge in [0, 0.05) is 18.4 Å². The highest BCUT2D eigenvalue weighted by molar-refractivity contribution is 5.80. The van der Waals surface area contributed by atoms with E-state index in [0.29, 0.717) is 38.2 Å². The smallest absolute Gasteiger partial charge is 0.220 e. The van der Waals surface area contributed by atoms with Crippen molar-refractivity contribution in [1.29, 1.82) is 0 Å². The molecule has 0 radical (unpaired) electrons. The average molecular weight is 394 g/mol. The van der Waals surface area contributed by atoms with Gasteiger partial charge in [-0.2, -0.15) is 0 Å². The molecular weight excluding hydrogens is 368 g/mol. The molecule has 4 rings (SSSR count). The fourth-order valence-electron chi connectivity index (χ4n) is 4.00. The third-order valence-corrected chi connectivity index (χ3v) is 5.55. The monoisotopic (exact) mass is 394 g/mol. The maximum absolute atomic E-state index is 12.4. The summed E-state index contributed by atoms with van der Waals surface area (Å²) in [5.74, 6) is 1.46. The van der Waals surface area contributed by atoms with Gasteiger partial charge in [0.05, 0.1) is 6.54 Å². The highest BCUT2D eigenvalue weighted by Crippen LogP contribution is 2.31. The molecule has 152 valence electrons. The topological polar surface area (TPSA) is 76.7 Å². The van der Waals surface area contributed by atoms with Crippen molar-refractivity contribution in [2.75, 3.05) is 13.2 Å². The van der Waals surface area contributed by atoms with Crippen LogP contribution in [-0.2, 0) is 16.0 Å². The van der Waals surface area contributed by atoms with Crippen LogP contribution >= 0.6 is 0 Å². The van der Waals surface area contributed by atoms with Crippen molar-refractivity contribution in [2.24, 2.45) is 0 Å². The van der Waals surface area contributed by atoms with Crippen LogP contribution in [0.5, 0.6) is 11.5 Å². The van der Waals surface area contributed by atoms with Crippen molar-refractivity contribution in [2.45, 2.75) is 43.7 Å². The Morgan fingerprint density at radius 3 is 2.62 bits per heavy atom. The molecule has 2 atom stereocenters. The molecule has 2 aliphatic heterocycles. The molecule has 0 aromatic heterocycles. The second-order valence-electron chi connectivity index (χ2n) is 7.79. The molecule has 1 saturated heterocycles. The lowest BCUT2D eigenvalue weighted by molar-refractivity contribution is -0.123. The first-order valence-corrected chi connectivity index (χ1v) is 10.1. The van der Waals surface area contributed by atoms with Crippen LogP contribution in [0.4, 0.5) is 0 Å². The van der Waals surface area contributed by atoms with E-state index in [0.717, 1.165) is 18.6 Å². The molecule has 0 spiro atoms. The van der Waals surface area contributed by atoms with Gasteiger partial charge in [0.1, 0.15) is 12.7 Å². The summed E-state index contributed by atoms with van der Waals surface area (Å²) in [5.41, 5.74) is 0.820. The Balaban J connectivity index is 1.28. The average Bonchev–Trinajstić information content (AvgIpc) is 3.12. The van der Waals surface area contributed by atoms with Crippen LogP contribution in [0, 0.1) is 0 Å². The molecule has 2 aromatic carbocycles. The Morgan fingerprint density at radius 2 is 1.86 bits per heavy atom. The Hall–Kier alpha value is -3.02. The number of amides is 2. The molecule has 0 unspecified atom stereocenters. The van der Waals surface area contributed by atoms with Gasteiger partial charge in [0.25, 0.3) is 0 Å². The van der Waals surface area contributed by atoms with Gasteiger partial charge < -0.3 is 20.1 Å². The van der Waals surface area contributed by atoms with E-state index in [2.05, 4.69) is 22.8 Å². The standard InChI is InChI=1S/C23H26N2O4/c26-21(24-15-18-16-28-19-8-4-5-9-20(19)29-18)10-12-23(13-11-22(27)25-23)14-17-6-2-1-3-7-17/h1-9,18H,10-16H2,(H,24,26)(H,25,27)/t18-,23+/m1/s1. The number of hydrogen-bond donors (Lipinski definition) is 2. The second kappa shape index (κ2) is 8.55. The van der Waals surface area contributed by atoms with E-state index in [9.17, 15) is 9.59 Å². The SMILES string of the molecule is O=C(CC[C@@]1(Cc2ccccc2)CCC(=O)N1)NC[C@@H]1COc2ccccc2O1. The summed E-state index contributed by atoms with van der Waals surface area (Å²) in [4.78, 5) is 24.3. The normalized spacial score (nSPS) is 22.8. The van der Waals surface area contributed by atoms with Gasteiger partial charge in [0.2, 0.25) is 11.8 Å². The molecule has 1 fully saturated rings. The number of fused-ring (bicyclic) bond motifs is 1. The van der Waals surface area contributed by atoms with Gasteiger partial charge in [-0.3, -0.25) is 9.59 Å². The number of ether oxygens (including phenoxy) is 2. The van der Waals surface area contributed by atoms with Crippen LogP contribution < -0.4 is 20.1 Å². The Morgan fingerprint density at radius 1 is 1.10 bits per heavy atom. The van der Waals surface area contributed by atoms with E-state index in [4.69, 9.17) is 9.47 Å². The first kappa shape index (κ1) is 19.3. The number of nitrogens with one attached hydrogen (secondary N) is 2. The van der Waals surface area contributed by atoms with Crippen LogP contribution in [0.3, 0.4) is 0 Å². The van der Waals surface area contributed by atoms with Gasteiger partial charge in [-0.25, -0.2) is 0 Å². The Kier molecular flexibility index (Phi) is 5.69. The van der Waals surface area contributed by atoms with Crippen LogP contribution in [0.25, 0.3) is 0 Å². The van der Waals surface area contributed by atoms with E-state index >= 15 is 0 Å². The minimum atomic E-state index is -0.348. The lowest BCUT2D eigenvalue weighted by Crippen LogP contribution is -2.45. The van der Waals surface area contributed by atoms with E-state index in [1.807, 2.05) is 42.5 Å². The van der Waals surface area contributed by atoms with Crippen LogP contribution in [-0.4, -0.2) is 36.6 Å². The number of carbonyl (C=O) groups excluding carboxylic acids is 2. The molecule has 0 aliphatic carbocycles. The third-order valence-electron chi connectivity index (χ3n) is 5.55. The van der Waals surface area contributed by atoms with Crippen molar-refractivity contribution in [1.82, 2.24) is 10.6 Å². The molecule has 29 heavy (non-hydrogen) atoms. The first-order valence-electron chi connectivity index (χ1n) is 10.1. The minimum absolute atomic E-state index is 0.0407. The van der Waals surface area contributed by atoms with E-state index in [-0.39, 0.29) is 23.5 Å². The molecule has 2 amide bonds. The zero-order chi connectivity index (χ0) is 20.1. The third kappa shape index (κ3) is 4.88. The van der Waals surface area contributed by atoms with Gasteiger partial charge in [0.15, 0.2) is 11.5 Å². The highest BCUT2D eigenvalue weighted by Gasteiger charge is 2.37. The minimum Gasteiger partial charge on any atom is -0.486 e. The zero-order valence-electron chi connectivity index (χ0n) is 16.4. The predicted molar refractivity (Wildman–Crippen MR) is 109 cm³/mol. The number of carbonyl (C=O) groups is 2. The Bertz CT molecular complexity index is 870. The molecular formula is C23H26N2O4. The van der Waals surface area contributed by atoms with E-state index in [1.54, 1.807) is 0 Å². The fraction of sp³-hybridized carbons (Fsp3) is 0.391. The van der Waals surface area contributed by atoms with Crippen LogP contribution in [0.15, 0.2) is 54.6 Å². The molecule has 2 N–H and O–H groups in total. The van der Waals surface area contributed by atoms with Gasteiger partial charge in [-0.05, 0) is 37.0 Å². The molecule has 6 nitrogen and oxygen atoms in total. The maximum Gasteiger partial charge on any atom is 0.220 e. The van der Waals surface area contributed by atoms with Crippen molar-refractivity contribution < 1.29 is 19.1 Å². The van der Waals surface area contributed by atoms with E-state index in [1.165, 1.54) is 5.56 Å². The molecule has 0 bridgehead atoms. The quantitative estimate of drug-likeness (QED) is 0.757. The summed E-state index contributed by atoms with van der Waals surface area (Å²) < 4.78 is 11.6.